The van der Waals surface area contributed by atoms with E-state index in [2.05, 4.69) is 15.6 Å². The number of allylic oxidation sites excluding steroid dienone is 1. The zero-order chi connectivity index (χ0) is 19.9. The zero-order valence-corrected chi connectivity index (χ0v) is 16.4. The van der Waals surface area contributed by atoms with Crippen LogP contribution >= 0.6 is 0 Å². The monoisotopic (exact) mass is 372 g/mol. The lowest BCUT2D eigenvalue weighted by Gasteiger charge is -2.07. The topological polar surface area (TPSA) is 59.3 Å². The van der Waals surface area contributed by atoms with Gasteiger partial charge in [0.2, 0.25) is 0 Å². The second-order valence-electron chi connectivity index (χ2n) is 6.72. The van der Waals surface area contributed by atoms with E-state index in [1.54, 1.807) is 6.07 Å². The molecule has 0 spiro atoms. The van der Waals surface area contributed by atoms with Gasteiger partial charge in [0, 0.05) is 11.3 Å². The van der Waals surface area contributed by atoms with Crippen LogP contribution in [0.2, 0.25) is 0 Å². The summed E-state index contributed by atoms with van der Waals surface area (Å²) in [6.45, 7) is 6.47. The van der Waals surface area contributed by atoms with Gasteiger partial charge in [-0.2, -0.15) is 10.2 Å². The molecule has 28 heavy (non-hydrogen) atoms. The molecule has 0 atom stereocenters. The van der Waals surface area contributed by atoms with Crippen LogP contribution in [0.4, 0.5) is 0 Å². The van der Waals surface area contributed by atoms with Gasteiger partial charge in [-0.25, -0.2) is 5.43 Å². The standard InChI is InChI=1S/C23H24N4O/c1-17(12-13-20-8-5-4-6-9-20)24-25-23(28)22-11-7-10-21(15-22)16-27-19(3)14-18(2)26-27/h4-15H,16H2,1-3H3,(H,25,28). The smallest absolute Gasteiger partial charge is 0.267 e. The molecule has 5 heteroatoms. The Morgan fingerprint density at radius 1 is 1.11 bits per heavy atom. The molecule has 0 saturated heterocycles. The normalized spacial score (nSPS) is 11.8. The predicted octanol–water partition coefficient (Wildman–Crippen LogP) is 4.37. The van der Waals surface area contributed by atoms with Crippen LogP contribution in [-0.4, -0.2) is 21.4 Å². The molecular weight excluding hydrogens is 348 g/mol. The molecule has 0 aliphatic rings. The molecule has 0 bridgehead atoms. The van der Waals surface area contributed by atoms with E-state index in [1.807, 2.05) is 92.2 Å². The number of amides is 1. The number of carbonyl (C=O) groups is 1. The lowest BCUT2D eigenvalue weighted by atomic mass is 10.1. The summed E-state index contributed by atoms with van der Waals surface area (Å²) in [6, 6.07) is 19.5. The van der Waals surface area contributed by atoms with Gasteiger partial charge in [0.1, 0.15) is 0 Å². The third-order valence-electron chi connectivity index (χ3n) is 4.28. The van der Waals surface area contributed by atoms with E-state index in [0.717, 1.165) is 28.2 Å². The fourth-order valence-electron chi connectivity index (χ4n) is 2.84. The van der Waals surface area contributed by atoms with Crippen LogP contribution in [0.5, 0.6) is 0 Å². The fourth-order valence-corrected chi connectivity index (χ4v) is 2.84. The second-order valence-corrected chi connectivity index (χ2v) is 6.72. The Bertz CT molecular complexity index is 1020. The van der Waals surface area contributed by atoms with Crippen molar-refractivity contribution < 1.29 is 4.79 Å². The van der Waals surface area contributed by atoms with Crippen molar-refractivity contribution in [3.8, 4) is 0 Å². The number of nitrogens with one attached hydrogen (secondary N) is 1. The zero-order valence-electron chi connectivity index (χ0n) is 16.4. The van der Waals surface area contributed by atoms with Crippen molar-refractivity contribution in [1.82, 2.24) is 15.2 Å². The van der Waals surface area contributed by atoms with Crippen molar-refractivity contribution in [1.29, 1.82) is 0 Å². The molecule has 1 aromatic heterocycles. The molecule has 1 heterocycles. The molecule has 0 unspecified atom stereocenters. The number of nitrogens with zero attached hydrogens (tertiary/aromatic N) is 3. The van der Waals surface area contributed by atoms with E-state index >= 15 is 0 Å². The van der Waals surface area contributed by atoms with Crippen molar-refractivity contribution in [3.63, 3.8) is 0 Å². The molecular formula is C23H24N4O. The summed E-state index contributed by atoms with van der Waals surface area (Å²) in [6.07, 6.45) is 3.83. The second kappa shape index (κ2) is 8.95. The summed E-state index contributed by atoms with van der Waals surface area (Å²) in [5.41, 5.74) is 8.09. The molecule has 0 aliphatic carbocycles. The van der Waals surface area contributed by atoms with E-state index in [4.69, 9.17) is 0 Å². The van der Waals surface area contributed by atoms with Crippen LogP contribution in [0.15, 0.2) is 71.8 Å². The van der Waals surface area contributed by atoms with Gasteiger partial charge in [-0.1, -0.05) is 48.5 Å². The van der Waals surface area contributed by atoms with Gasteiger partial charge < -0.3 is 0 Å². The Kier molecular flexibility index (Phi) is 6.17. The number of carbonyl (C=O) groups excluding carboxylic acids is 1. The first kappa shape index (κ1) is 19.3. The highest BCUT2D eigenvalue weighted by atomic mass is 16.2. The minimum Gasteiger partial charge on any atom is -0.267 e. The lowest BCUT2D eigenvalue weighted by molar-refractivity contribution is 0.0954. The molecule has 3 aromatic rings. The summed E-state index contributed by atoms with van der Waals surface area (Å²) >= 11 is 0. The van der Waals surface area contributed by atoms with Crippen LogP contribution in [0.3, 0.4) is 0 Å². The van der Waals surface area contributed by atoms with E-state index in [0.29, 0.717) is 12.1 Å². The van der Waals surface area contributed by atoms with Crippen molar-refractivity contribution in [2.45, 2.75) is 27.3 Å². The first-order valence-corrected chi connectivity index (χ1v) is 9.19. The van der Waals surface area contributed by atoms with Gasteiger partial charge in [0.05, 0.1) is 18.0 Å². The largest absolute Gasteiger partial charge is 0.271 e. The van der Waals surface area contributed by atoms with E-state index in [1.165, 1.54) is 0 Å². The summed E-state index contributed by atoms with van der Waals surface area (Å²) in [5, 5.41) is 8.63. The number of aryl methyl sites for hydroxylation is 2. The first-order valence-electron chi connectivity index (χ1n) is 9.19. The molecule has 3 rings (SSSR count). The van der Waals surface area contributed by atoms with Crippen molar-refractivity contribution in [2.24, 2.45) is 5.10 Å². The van der Waals surface area contributed by atoms with Crippen LogP contribution < -0.4 is 5.43 Å². The highest BCUT2D eigenvalue weighted by molar-refractivity contribution is 5.99. The van der Waals surface area contributed by atoms with Crippen LogP contribution in [0.25, 0.3) is 6.08 Å². The Balaban J connectivity index is 1.64. The minimum atomic E-state index is -0.234. The van der Waals surface area contributed by atoms with Crippen LogP contribution in [-0.2, 0) is 6.54 Å². The number of rotatable bonds is 6. The Hall–Kier alpha value is -3.47. The summed E-state index contributed by atoms with van der Waals surface area (Å²) in [5.74, 6) is -0.234. The molecule has 0 fully saturated rings. The number of aromatic nitrogens is 2. The molecule has 1 N–H and O–H groups in total. The summed E-state index contributed by atoms with van der Waals surface area (Å²) in [7, 11) is 0. The highest BCUT2D eigenvalue weighted by Gasteiger charge is 2.07. The SMILES string of the molecule is CC(C=Cc1ccccc1)=NNC(=O)c1cccc(Cn2nc(C)cc2C)c1. The highest BCUT2D eigenvalue weighted by Crippen LogP contribution is 2.10. The Morgan fingerprint density at radius 2 is 1.89 bits per heavy atom. The average molecular weight is 372 g/mol. The van der Waals surface area contributed by atoms with Crippen molar-refractivity contribution >= 4 is 17.7 Å². The first-order chi connectivity index (χ1) is 13.5. The van der Waals surface area contributed by atoms with E-state index in [9.17, 15) is 4.79 Å². The molecule has 1 amide bonds. The van der Waals surface area contributed by atoms with Gasteiger partial charge in [-0.15, -0.1) is 0 Å². The third kappa shape index (κ3) is 5.27. The van der Waals surface area contributed by atoms with Crippen molar-refractivity contribution in [2.75, 3.05) is 0 Å². The third-order valence-corrected chi connectivity index (χ3v) is 4.28. The fraction of sp³-hybridized carbons (Fsp3) is 0.174. The predicted molar refractivity (Wildman–Crippen MR) is 113 cm³/mol. The maximum atomic E-state index is 12.4. The van der Waals surface area contributed by atoms with Gasteiger partial charge in [-0.3, -0.25) is 9.48 Å². The van der Waals surface area contributed by atoms with E-state index in [-0.39, 0.29) is 5.91 Å². The molecule has 5 nitrogen and oxygen atoms in total. The van der Waals surface area contributed by atoms with Crippen LogP contribution in [0.1, 0.15) is 39.8 Å². The minimum absolute atomic E-state index is 0.234. The molecule has 142 valence electrons. The molecule has 0 saturated carbocycles. The number of hydrogen-bond donors (Lipinski definition) is 1. The number of hydrazone groups is 1. The molecule has 2 aromatic carbocycles. The van der Waals surface area contributed by atoms with Crippen molar-refractivity contribution in [3.05, 3.63) is 94.8 Å². The lowest BCUT2D eigenvalue weighted by Crippen LogP contribution is -2.19. The van der Waals surface area contributed by atoms with Gasteiger partial charge in [0.15, 0.2) is 0 Å². The molecule has 0 radical (unpaired) electrons. The number of hydrogen-bond acceptors (Lipinski definition) is 3. The Labute approximate surface area is 165 Å². The Morgan fingerprint density at radius 3 is 2.61 bits per heavy atom. The molecule has 0 aliphatic heterocycles. The van der Waals surface area contributed by atoms with E-state index < -0.39 is 0 Å². The average Bonchev–Trinajstić information content (AvgIpc) is 3.02. The van der Waals surface area contributed by atoms with Gasteiger partial charge in [-0.05, 0) is 56.2 Å². The maximum Gasteiger partial charge on any atom is 0.271 e. The summed E-state index contributed by atoms with van der Waals surface area (Å²) < 4.78 is 1.93. The summed E-state index contributed by atoms with van der Waals surface area (Å²) in [4.78, 5) is 12.4. The van der Waals surface area contributed by atoms with Gasteiger partial charge >= 0.3 is 0 Å². The number of benzene rings is 2. The maximum absolute atomic E-state index is 12.4. The quantitative estimate of drug-likeness (QED) is 0.516. The van der Waals surface area contributed by atoms with Crippen LogP contribution in [0, 0.1) is 13.8 Å². The van der Waals surface area contributed by atoms with Gasteiger partial charge in [0.25, 0.3) is 5.91 Å².